The van der Waals surface area contributed by atoms with Gasteiger partial charge in [-0.25, -0.2) is 4.98 Å². The Hall–Kier alpha value is -2.64. The fraction of sp³-hybridized carbons (Fsp3) is 0.333. The molecule has 3 aromatic rings. The number of carbonyl (C=O) groups excluding carboxylic acids is 1. The number of aromatic nitrogens is 1. The first kappa shape index (κ1) is 18.7. The number of benzene rings is 1. The normalized spacial score (nSPS) is 16.1. The molecular weight excluding hydrogens is 374 g/mol. The largest absolute Gasteiger partial charge is 0.481 e. The average molecular weight is 398 g/mol. The summed E-state index contributed by atoms with van der Waals surface area (Å²) in [5, 5.41) is 3.09. The maximum absolute atomic E-state index is 12.7. The fourth-order valence-electron chi connectivity index (χ4n) is 3.25. The second kappa shape index (κ2) is 8.58. The minimum atomic E-state index is -0.483. The van der Waals surface area contributed by atoms with Gasteiger partial charge in [-0.3, -0.25) is 9.69 Å². The summed E-state index contributed by atoms with van der Waals surface area (Å²) in [4.78, 5) is 21.5. The van der Waals surface area contributed by atoms with E-state index >= 15 is 0 Å². The molecule has 146 valence electrons. The van der Waals surface area contributed by atoms with Gasteiger partial charge in [0.1, 0.15) is 16.5 Å². The number of amides is 1. The van der Waals surface area contributed by atoms with Gasteiger partial charge in [0.25, 0.3) is 5.91 Å². The topological polar surface area (TPSA) is 58.8 Å². The van der Waals surface area contributed by atoms with Gasteiger partial charge in [0.15, 0.2) is 11.9 Å². The van der Waals surface area contributed by atoms with Gasteiger partial charge in [-0.2, -0.15) is 0 Å². The highest BCUT2D eigenvalue weighted by Gasteiger charge is 2.26. The molecule has 28 heavy (non-hydrogen) atoms. The molecule has 1 amide bonds. The number of para-hydroxylation sites is 1. The number of carbonyl (C=O) groups is 1. The van der Waals surface area contributed by atoms with E-state index in [1.165, 1.54) is 0 Å². The van der Waals surface area contributed by atoms with Crippen LogP contribution in [0.3, 0.4) is 0 Å². The molecule has 1 aromatic carbocycles. The number of hydrogen-bond acceptors (Lipinski definition) is 6. The second-order valence-corrected chi connectivity index (χ2v) is 7.72. The predicted molar refractivity (Wildman–Crippen MR) is 108 cm³/mol. The lowest BCUT2D eigenvalue weighted by atomic mass is 10.2. The van der Waals surface area contributed by atoms with Crippen LogP contribution in [0.2, 0.25) is 0 Å². The molecule has 1 atom stereocenters. The van der Waals surface area contributed by atoms with Crippen LogP contribution in [0.25, 0.3) is 11.5 Å². The number of nitrogens with zero attached hydrogens (tertiary/aromatic N) is 3. The molecule has 1 saturated heterocycles. The van der Waals surface area contributed by atoms with Gasteiger partial charge >= 0.3 is 0 Å². The van der Waals surface area contributed by atoms with Crippen LogP contribution >= 0.6 is 11.3 Å². The molecule has 6 nitrogen and oxygen atoms in total. The first-order chi connectivity index (χ1) is 13.7. The lowest BCUT2D eigenvalue weighted by Crippen LogP contribution is -2.51. The van der Waals surface area contributed by atoms with Crippen molar-refractivity contribution in [2.75, 3.05) is 26.2 Å². The van der Waals surface area contributed by atoms with Gasteiger partial charge in [0.05, 0.1) is 12.8 Å². The molecule has 0 spiro atoms. The molecule has 2 aromatic heterocycles. The SMILES string of the molecule is C[C@H](Oc1ccccc1)C(=O)N1CCN(Cc2nc(-c3ccco3)cs2)CC1. The number of ether oxygens (including phenoxy) is 1. The summed E-state index contributed by atoms with van der Waals surface area (Å²) < 4.78 is 11.2. The van der Waals surface area contributed by atoms with Gasteiger partial charge in [0, 0.05) is 31.6 Å². The number of hydrogen-bond donors (Lipinski definition) is 0. The summed E-state index contributed by atoms with van der Waals surface area (Å²) >= 11 is 1.64. The quantitative estimate of drug-likeness (QED) is 0.637. The monoisotopic (exact) mass is 397 g/mol. The molecule has 3 heterocycles. The van der Waals surface area contributed by atoms with Crippen molar-refractivity contribution < 1.29 is 13.9 Å². The Balaban J connectivity index is 1.27. The number of thiazole rings is 1. The standard InChI is InChI=1S/C21H23N3O3S/c1-16(27-17-6-3-2-4-7-17)21(25)24-11-9-23(10-12-24)14-20-22-18(15-28-20)19-8-5-13-26-19/h2-8,13,15-16H,9-12,14H2,1H3/t16-/m0/s1. The van der Waals surface area contributed by atoms with E-state index in [-0.39, 0.29) is 5.91 Å². The van der Waals surface area contributed by atoms with E-state index in [0.717, 1.165) is 41.8 Å². The van der Waals surface area contributed by atoms with Crippen molar-refractivity contribution >= 4 is 17.2 Å². The highest BCUT2D eigenvalue weighted by Crippen LogP contribution is 2.23. The van der Waals surface area contributed by atoms with Crippen LogP contribution in [-0.2, 0) is 11.3 Å². The average Bonchev–Trinajstić information content (AvgIpc) is 3.40. The van der Waals surface area contributed by atoms with Crippen LogP contribution in [0.1, 0.15) is 11.9 Å². The van der Waals surface area contributed by atoms with Crippen molar-refractivity contribution in [1.29, 1.82) is 0 Å². The van der Waals surface area contributed by atoms with Crippen LogP contribution in [0.15, 0.2) is 58.5 Å². The van der Waals surface area contributed by atoms with Crippen LogP contribution in [0.5, 0.6) is 5.75 Å². The first-order valence-corrected chi connectivity index (χ1v) is 10.3. The lowest BCUT2D eigenvalue weighted by molar-refractivity contribution is -0.139. The van der Waals surface area contributed by atoms with E-state index in [2.05, 4.69) is 9.88 Å². The van der Waals surface area contributed by atoms with E-state index in [0.29, 0.717) is 13.1 Å². The van der Waals surface area contributed by atoms with Crippen LogP contribution in [0.4, 0.5) is 0 Å². The van der Waals surface area contributed by atoms with Crippen molar-refractivity contribution in [3.63, 3.8) is 0 Å². The van der Waals surface area contributed by atoms with Crippen molar-refractivity contribution in [3.05, 3.63) is 59.1 Å². The highest BCUT2D eigenvalue weighted by molar-refractivity contribution is 7.09. The minimum Gasteiger partial charge on any atom is -0.481 e. The molecule has 1 aliphatic heterocycles. The second-order valence-electron chi connectivity index (χ2n) is 6.78. The highest BCUT2D eigenvalue weighted by atomic mass is 32.1. The van der Waals surface area contributed by atoms with E-state index in [1.807, 2.05) is 59.7 Å². The zero-order chi connectivity index (χ0) is 19.3. The van der Waals surface area contributed by atoms with Gasteiger partial charge in [-0.05, 0) is 31.2 Å². The van der Waals surface area contributed by atoms with Crippen LogP contribution in [-0.4, -0.2) is 53.0 Å². The van der Waals surface area contributed by atoms with Gasteiger partial charge in [-0.15, -0.1) is 11.3 Å². The summed E-state index contributed by atoms with van der Waals surface area (Å²) in [7, 11) is 0. The summed E-state index contributed by atoms with van der Waals surface area (Å²) in [5.74, 6) is 1.56. The molecule has 0 saturated carbocycles. The van der Waals surface area contributed by atoms with Crippen molar-refractivity contribution in [2.24, 2.45) is 0 Å². The number of rotatable bonds is 6. The Morgan fingerprint density at radius 2 is 1.96 bits per heavy atom. The van der Waals surface area contributed by atoms with Crippen LogP contribution in [0, 0.1) is 0 Å². The number of furan rings is 1. The maximum Gasteiger partial charge on any atom is 0.263 e. The third-order valence-electron chi connectivity index (χ3n) is 4.77. The smallest absolute Gasteiger partial charge is 0.263 e. The van der Waals surface area contributed by atoms with Crippen molar-refractivity contribution in [3.8, 4) is 17.2 Å². The summed E-state index contributed by atoms with van der Waals surface area (Å²) in [6, 6.07) is 13.3. The van der Waals surface area contributed by atoms with Gasteiger partial charge in [0.2, 0.25) is 0 Å². The molecule has 4 rings (SSSR count). The van der Waals surface area contributed by atoms with E-state index < -0.39 is 6.10 Å². The lowest BCUT2D eigenvalue weighted by Gasteiger charge is -2.35. The predicted octanol–water partition coefficient (Wildman–Crippen LogP) is 3.51. The summed E-state index contributed by atoms with van der Waals surface area (Å²) in [6.45, 7) is 5.69. The fourth-order valence-corrected chi connectivity index (χ4v) is 4.07. The third kappa shape index (κ3) is 4.43. The Labute approximate surface area is 168 Å². The van der Waals surface area contributed by atoms with Crippen LogP contribution < -0.4 is 4.74 Å². The molecule has 0 N–H and O–H groups in total. The zero-order valence-electron chi connectivity index (χ0n) is 15.8. The van der Waals surface area contributed by atoms with Crippen molar-refractivity contribution in [1.82, 2.24) is 14.8 Å². The molecule has 0 radical (unpaired) electrons. The zero-order valence-corrected chi connectivity index (χ0v) is 16.6. The Bertz CT molecular complexity index is 887. The Morgan fingerprint density at radius 1 is 1.18 bits per heavy atom. The van der Waals surface area contributed by atoms with E-state index in [4.69, 9.17) is 9.15 Å². The molecule has 1 aliphatic rings. The molecule has 1 fully saturated rings. The molecule has 0 unspecified atom stereocenters. The maximum atomic E-state index is 12.7. The molecular formula is C21H23N3O3S. The summed E-state index contributed by atoms with van der Waals surface area (Å²) in [6.07, 6.45) is 1.18. The number of piperazine rings is 1. The van der Waals surface area contributed by atoms with E-state index in [1.54, 1.807) is 17.6 Å². The molecule has 7 heteroatoms. The minimum absolute atomic E-state index is 0.0397. The molecule has 0 bridgehead atoms. The third-order valence-corrected chi connectivity index (χ3v) is 5.61. The first-order valence-electron chi connectivity index (χ1n) is 9.40. The summed E-state index contributed by atoms with van der Waals surface area (Å²) in [5.41, 5.74) is 0.880. The van der Waals surface area contributed by atoms with Gasteiger partial charge in [-0.1, -0.05) is 18.2 Å². The van der Waals surface area contributed by atoms with Crippen molar-refractivity contribution in [2.45, 2.75) is 19.6 Å². The van der Waals surface area contributed by atoms with Gasteiger partial charge < -0.3 is 14.1 Å². The Morgan fingerprint density at radius 3 is 2.68 bits per heavy atom. The Kier molecular flexibility index (Phi) is 5.73. The van der Waals surface area contributed by atoms with E-state index in [9.17, 15) is 4.79 Å². The molecule has 0 aliphatic carbocycles.